The number of amides is 1. The quantitative estimate of drug-likeness (QED) is 0.748. The summed E-state index contributed by atoms with van der Waals surface area (Å²) in [6.07, 6.45) is -2.47. The zero-order valence-corrected chi connectivity index (χ0v) is 12.3. The van der Waals surface area contributed by atoms with Crippen molar-refractivity contribution in [3.05, 3.63) is 29.3 Å². The minimum Gasteiger partial charge on any atom is -0.395 e. The molecule has 0 saturated carbocycles. The van der Waals surface area contributed by atoms with Crippen LogP contribution in [0.2, 0.25) is 5.02 Å². The molecule has 0 aromatic heterocycles. The van der Waals surface area contributed by atoms with E-state index in [2.05, 4.69) is 0 Å². The Morgan fingerprint density at radius 3 is 2.70 bits per heavy atom. The van der Waals surface area contributed by atoms with Crippen LogP contribution in [0.3, 0.4) is 0 Å². The van der Waals surface area contributed by atoms with Gasteiger partial charge in [0.15, 0.2) is 0 Å². The highest BCUT2D eigenvalue weighted by atomic mass is 35.5. The summed E-state index contributed by atoms with van der Waals surface area (Å²) >= 11 is 7.37. The number of aliphatic hydroxyl groups is 1. The normalized spacial score (nSPS) is 10.8. The van der Waals surface area contributed by atoms with E-state index in [1.807, 2.05) is 18.2 Å². The van der Waals surface area contributed by atoms with E-state index >= 15 is 0 Å². The number of carbonyl (C=O) groups excluding carboxylic acids is 1. The first-order valence-corrected chi connectivity index (χ1v) is 7.45. The van der Waals surface area contributed by atoms with Crippen LogP contribution in [-0.4, -0.2) is 47.8 Å². The molecule has 0 heterocycles. The summed E-state index contributed by atoms with van der Waals surface area (Å²) in [5.74, 6) is 0.0622. The first kappa shape index (κ1) is 17.2. The number of thioether (sulfide) groups is 1. The Labute approximate surface area is 125 Å². The molecule has 0 bridgehead atoms. The summed E-state index contributed by atoms with van der Waals surface area (Å²) in [7, 11) is 0. The van der Waals surface area contributed by atoms with Gasteiger partial charge in [-0.2, -0.15) is 0 Å². The van der Waals surface area contributed by atoms with Crippen molar-refractivity contribution in [2.45, 2.75) is 17.7 Å². The van der Waals surface area contributed by atoms with Gasteiger partial charge in [-0.05, 0) is 12.1 Å². The van der Waals surface area contributed by atoms with Crippen LogP contribution in [0.1, 0.15) is 6.42 Å². The Morgan fingerprint density at radius 2 is 2.10 bits per heavy atom. The standard InChI is InChI=1S/C13H16ClF2NO2S/c14-10-3-1-2-4-11(10)20-8-5-13(19)17(6-7-18)9-12(15)16/h1-4,12,18H,5-9H2. The molecule has 0 aliphatic heterocycles. The predicted molar refractivity (Wildman–Crippen MR) is 76.5 cm³/mol. The topological polar surface area (TPSA) is 40.5 Å². The number of alkyl halides is 2. The molecule has 1 aromatic rings. The molecule has 0 aliphatic rings. The van der Waals surface area contributed by atoms with Gasteiger partial charge >= 0.3 is 0 Å². The highest BCUT2D eigenvalue weighted by molar-refractivity contribution is 7.99. The fourth-order valence-corrected chi connectivity index (χ4v) is 2.75. The Kier molecular flexibility index (Phi) is 7.87. The highest BCUT2D eigenvalue weighted by Crippen LogP contribution is 2.27. The zero-order valence-electron chi connectivity index (χ0n) is 10.8. The maximum absolute atomic E-state index is 12.3. The Morgan fingerprint density at radius 1 is 1.40 bits per heavy atom. The van der Waals surface area contributed by atoms with Crippen molar-refractivity contribution in [2.75, 3.05) is 25.4 Å². The Balaban J connectivity index is 2.43. The Bertz CT molecular complexity index is 435. The van der Waals surface area contributed by atoms with E-state index in [0.29, 0.717) is 10.8 Å². The van der Waals surface area contributed by atoms with Crippen LogP contribution in [0.5, 0.6) is 0 Å². The molecule has 0 saturated heterocycles. The van der Waals surface area contributed by atoms with Gasteiger partial charge < -0.3 is 10.0 Å². The third-order valence-corrected chi connectivity index (χ3v) is 4.01. The lowest BCUT2D eigenvalue weighted by atomic mass is 10.3. The van der Waals surface area contributed by atoms with Crippen LogP contribution < -0.4 is 0 Å². The van der Waals surface area contributed by atoms with Crippen molar-refractivity contribution in [1.29, 1.82) is 0 Å². The van der Waals surface area contributed by atoms with Gasteiger partial charge in [0.1, 0.15) is 0 Å². The van der Waals surface area contributed by atoms with E-state index in [9.17, 15) is 13.6 Å². The van der Waals surface area contributed by atoms with Gasteiger partial charge in [-0.25, -0.2) is 8.78 Å². The first-order valence-electron chi connectivity index (χ1n) is 6.08. The SMILES string of the molecule is O=C(CCSc1ccccc1Cl)N(CCO)CC(F)F. The molecular weight excluding hydrogens is 308 g/mol. The molecule has 112 valence electrons. The first-order chi connectivity index (χ1) is 9.54. The molecule has 1 rings (SSSR count). The van der Waals surface area contributed by atoms with Crippen molar-refractivity contribution in [3.63, 3.8) is 0 Å². The lowest BCUT2D eigenvalue weighted by molar-refractivity contribution is -0.133. The molecule has 1 aromatic carbocycles. The third-order valence-electron chi connectivity index (χ3n) is 2.49. The summed E-state index contributed by atoms with van der Waals surface area (Å²) in [5.41, 5.74) is 0. The minimum absolute atomic E-state index is 0.0695. The lowest BCUT2D eigenvalue weighted by Crippen LogP contribution is -2.37. The van der Waals surface area contributed by atoms with Gasteiger partial charge in [-0.15, -0.1) is 11.8 Å². The van der Waals surface area contributed by atoms with Crippen molar-refractivity contribution in [2.24, 2.45) is 0 Å². The molecule has 3 nitrogen and oxygen atoms in total. The molecule has 0 spiro atoms. The monoisotopic (exact) mass is 323 g/mol. The highest BCUT2D eigenvalue weighted by Gasteiger charge is 2.17. The van der Waals surface area contributed by atoms with Crippen LogP contribution in [-0.2, 0) is 4.79 Å². The molecule has 7 heteroatoms. The van der Waals surface area contributed by atoms with Gasteiger partial charge in [0.2, 0.25) is 5.91 Å². The minimum atomic E-state index is -2.60. The van der Waals surface area contributed by atoms with E-state index in [1.165, 1.54) is 11.8 Å². The van der Waals surface area contributed by atoms with Gasteiger partial charge in [0.25, 0.3) is 6.43 Å². The summed E-state index contributed by atoms with van der Waals surface area (Å²) in [4.78, 5) is 13.6. The van der Waals surface area contributed by atoms with E-state index in [1.54, 1.807) is 6.07 Å². The number of carbonyl (C=O) groups is 1. The number of benzene rings is 1. The van der Waals surface area contributed by atoms with E-state index < -0.39 is 13.0 Å². The van der Waals surface area contributed by atoms with E-state index in [-0.39, 0.29) is 25.5 Å². The average molecular weight is 324 g/mol. The zero-order chi connectivity index (χ0) is 15.0. The van der Waals surface area contributed by atoms with Crippen LogP contribution in [0, 0.1) is 0 Å². The molecule has 0 atom stereocenters. The number of hydrogen-bond acceptors (Lipinski definition) is 3. The van der Waals surface area contributed by atoms with Crippen LogP contribution in [0.25, 0.3) is 0 Å². The Hall–Kier alpha value is -0.850. The smallest absolute Gasteiger partial charge is 0.255 e. The van der Waals surface area contributed by atoms with Crippen molar-refractivity contribution in [1.82, 2.24) is 4.90 Å². The van der Waals surface area contributed by atoms with Gasteiger partial charge in [-0.3, -0.25) is 4.79 Å². The molecule has 0 aliphatic carbocycles. The van der Waals surface area contributed by atoms with Gasteiger partial charge in [0, 0.05) is 23.6 Å². The molecule has 1 N–H and O–H groups in total. The molecule has 0 unspecified atom stereocenters. The van der Waals surface area contributed by atoms with E-state index in [4.69, 9.17) is 16.7 Å². The van der Waals surface area contributed by atoms with Crippen molar-refractivity contribution in [3.8, 4) is 0 Å². The fraction of sp³-hybridized carbons (Fsp3) is 0.462. The molecule has 20 heavy (non-hydrogen) atoms. The second-order valence-electron chi connectivity index (χ2n) is 3.98. The van der Waals surface area contributed by atoms with E-state index in [0.717, 1.165) is 9.80 Å². The summed E-state index contributed by atoms with van der Waals surface area (Å²) in [6, 6.07) is 7.23. The van der Waals surface area contributed by atoms with Gasteiger partial charge in [0.05, 0.1) is 18.2 Å². The lowest BCUT2D eigenvalue weighted by Gasteiger charge is -2.21. The van der Waals surface area contributed by atoms with Crippen molar-refractivity contribution >= 4 is 29.3 Å². The number of nitrogens with zero attached hydrogens (tertiary/aromatic N) is 1. The maximum Gasteiger partial charge on any atom is 0.255 e. The summed E-state index contributed by atoms with van der Waals surface area (Å²) in [6.45, 7) is -1.04. The van der Waals surface area contributed by atoms with Gasteiger partial charge in [-0.1, -0.05) is 23.7 Å². The predicted octanol–water partition coefficient (Wildman–Crippen LogP) is 2.91. The average Bonchev–Trinajstić information content (AvgIpc) is 2.40. The molecule has 0 fully saturated rings. The summed E-state index contributed by atoms with van der Waals surface area (Å²) < 4.78 is 24.6. The second-order valence-corrected chi connectivity index (χ2v) is 5.53. The fourth-order valence-electron chi connectivity index (χ4n) is 1.57. The number of aliphatic hydroxyl groups excluding tert-OH is 1. The van der Waals surface area contributed by atoms with Crippen LogP contribution in [0.15, 0.2) is 29.2 Å². The second kappa shape index (κ2) is 9.15. The number of hydrogen-bond donors (Lipinski definition) is 1. The number of rotatable bonds is 8. The van der Waals surface area contributed by atoms with Crippen LogP contribution in [0.4, 0.5) is 8.78 Å². The molecule has 1 amide bonds. The van der Waals surface area contributed by atoms with Crippen LogP contribution >= 0.6 is 23.4 Å². The molecular formula is C13H16ClF2NO2S. The molecule has 0 radical (unpaired) electrons. The summed E-state index contributed by atoms with van der Waals surface area (Å²) in [5, 5.41) is 9.38. The number of halogens is 3. The third kappa shape index (κ3) is 6.07. The largest absolute Gasteiger partial charge is 0.395 e. The van der Waals surface area contributed by atoms with Crippen molar-refractivity contribution < 1.29 is 18.7 Å². The maximum atomic E-state index is 12.3.